The molecule has 2 aliphatic rings. The van der Waals surface area contributed by atoms with Gasteiger partial charge in [-0.05, 0) is 57.0 Å². The van der Waals surface area contributed by atoms with E-state index in [1.807, 2.05) is 13.0 Å². The van der Waals surface area contributed by atoms with Crippen molar-refractivity contribution in [2.75, 3.05) is 20.2 Å². The molecule has 1 aliphatic heterocycles. The Bertz CT molecular complexity index is 1060. The summed E-state index contributed by atoms with van der Waals surface area (Å²) in [6, 6.07) is 4.61. The molecular formula is C26H30FN2O3. The summed E-state index contributed by atoms with van der Waals surface area (Å²) in [5, 5.41) is 5.17. The summed E-state index contributed by atoms with van der Waals surface area (Å²) in [6.07, 6.45) is 13.8. The first-order valence-corrected chi connectivity index (χ1v) is 11.3. The summed E-state index contributed by atoms with van der Waals surface area (Å²) in [6.45, 7) is 5.88. The zero-order valence-corrected chi connectivity index (χ0v) is 18.9. The lowest BCUT2D eigenvalue weighted by Crippen LogP contribution is -2.55. The predicted molar refractivity (Wildman–Crippen MR) is 122 cm³/mol. The largest absolute Gasteiger partial charge is 0.369 e. The van der Waals surface area contributed by atoms with Crippen LogP contribution in [0.3, 0.4) is 0 Å². The molecular weight excluding hydrogens is 407 g/mol. The number of rotatable bonds is 7. The van der Waals surface area contributed by atoms with Gasteiger partial charge in [-0.2, -0.15) is 0 Å². The lowest BCUT2D eigenvalue weighted by molar-refractivity contribution is -0.123. The molecule has 1 saturated heterocycles. The lowest BCUT2D eigenvalue weighted by atomic mass is 9.75. The normalized spacial score (nSPS) is 22.6. The molecule has 32 heavy (non-hydrogen) atoms. The van der Waals surface area contributed by atoms with Crippen LogP contribution in [0.15, 0.2) is 52.6 Å². The van der Waals surface area contributed by atoms with Crippen LogP contribution in [-0.4, -0.2) is 47.7 Å². The van der Waals surface area contributed by atoms with E-state index in [2.05, 4.69) is 35.2 Å². The van der Waals surface area contributed by atoms with E-state index in [1.54, 1.807) is 19.3 Å². The number of benzene rings is 1. The second kappa shape index (κ2) is 9.51. The van der Waals surface area contributed by atoms with Crippen LogP contribution in [0, 0.1) is 11.9 Å². The summed E-state index contributed by atoms with van der Waals surface area (Å²) in [5.74, 6) is -0.206. The van der Waals surface area contributed by atoms with Crippen molar-refractivity contribution < 1.29 is 18.4 Å². The Kier molecular flexibility index (Phi) is 6.72. The Hall–Kier alpha value is -2.57. The van der Waals surface area contributed by atoms with Gasteiger partial charge >= 0.3 is 0 Å². The Morgan fingerprint density at radius 2 is 2.16 bits per heavy atom. The fourth-order valence-corrected chi connectivity index (χ4v) is 5.33. The molecule has 2 atom stereocenters. The standard InChI is InChI=1S/C26H30FN2O3/c1-4-13-26(14-5-2,21-7-6-8-22(30)25(21)31-3)29-15-11-18(12-16-29)24-20-10-9-19(27)17-23(20)32-28-24/h4,6-7,9-10,13,17-18,25H,5,11-12,14-16H2,1-3H3. The van der Waals surface area contributed by atoms with E-state index in [4.69, 9.17) is 9.26 Å². The topological polar surface area (TPSA) is 55.6 Å². The maximum atomic E-state index is 13.5. The Morgan fingerprint density at radius 3 is 2.84 bits per heavy atom. The van der Waals surface area contributed by atoms with Crippen LogP contribution in [0.5, 0.6) is 0 Å². The van der Waals surface area contributed by atoms with Crippen LogP contribution in [0.4, 0.5) is 4.39 Å². The van der Waals surface area contributed by atoms with Crippen LogP contribution in [0.2, 0.25) is 0 Å². The van der Waals surface area contributed by atoms with Crippen LogP contribution >= 0.6 is 0 Å². The van der Waals surface area contributed by atoms with Gasteiger partial charge in [0, 0.05) is 30.6 Å². The van der Waals surface area contributed by atoms with Gasteiger partial charge in [0.2, 0.25) is 0 Å². The van der Waals surface area contributed by atoms with Crippen molar-refractivity contribution in [3.63, 3.8) is 0 Å². The van der Waals surface area contributed by atoms with Gasteiger partial charge in [0.25, 0.3) is 0 Å². The molecule has 0 saturated carbocycles. The number of methoxy groups -OCH3 is 1. The lowest BCUT2D eigenvalue weighted by Gasteiger charge is -2.48. The first kappa shape index (κ1) is 22.6. The number of piperidine rings is 1. The average Bonchev–Trinajstić information content (AvgIpc) is 3.22. The smallest absolute Gasteiger partial charge is 0.196 e. The number of ether oxygens (including phenoxy) is 1. The van der Waals surface area contributed by atoms with Gasteiger partial charge in [-0.1, -0.05) is 42.8 Å². The minimum atomic E-state index is -0.616. The van der Waals surface area contributed by atoms with E-state index < -0.39 is 11.6 Å². The van der Waals surface area contributed by atoms with Crippen molar-refractivity contribution in [1.29, 1.82) is 0 Å². The Balaban J connectivity index is 1.62. The number of ketones is 1. The molecule has 5 nitrogen and oxygen atoms in total. The van der Waals surface area contributed by atoms with E-state index in [1.165, 1.54) is 12.1 Å². The molecule has 1 radical (unpaired) electrons. The zero-order chi connectivity index (χ0) is 22.7. The maximum absolute atomic E-state index is 13.5. The molecule has 0 N–H and O–H groups in total. The molecule has 2 heterocycles. The molecule has 169 valence electrons. The second-order valence-corrected chi connectivity index (χ2v) is 8.56. The minimum absolute atomic E-state index is 0.133. The first-order chi connectivity index (χ1) is 15.5. The molecule has 2 unspecified atom stereocenters. The number of allylic oxidation sites excluding steroid dienone is 3. The Labute approximate surface area is 188 Å². The van der Waals surface area contributed by atoms with E-state index >= 15 is 0 Å². The number of carbonyl (C=O) groups excluding carboxylic acids is 1. The molecule has 2 aromatic rings. The van der Waals surface area contributed by atoms with Crippen molar-refractivity contribution in [3.8, 4) is 0 Å². The van der Waals surface area contributed by atoms with E-state index in [0.717, 1.165) is 55.4 Å². The van der Waals surface area contributed by atoms with Gasteiger partial charge in [0.1, 0.15) is 11.9 Å². The van der Waals surface area contributed by atoms with E-state index in [0.29, 0.717) is 5.58 Å². The number of halogens is 1. The van der Waals surface area contributed by atoms with Crippen molar-refractivity contribution in [3.05, 3.63) is 65.7 Å². The Morgan fingerprint density at radius 1 is 1.38 bits per heavy atom. The third kappa shape index (κ3) is 3.97. The highest BCUT2D eigenvalue weighted by Gasteiger charge is 2.44. The third-order valence-electron chi connectivity index (χ3n) is 6.73. The minimum Gasteiger partial charge on any atom is -0.369 e. The van der Waals surface area contributed by atoms with Gasteiger partial charge in [-0.25, -0.2) is 4.39 Å². The fourth-order valence-electron chi connectivity index (χ4n) is 5.33. The van der Waals surface area contributed by atoms with E-state index in [-0.39, 0.29) is 17.5 Å². The number of fused-ring (bicyclic) bond motifs is 1. The number of hydrogen-bond acceptors (Lipinski definition) is 5. The molecule has 0 amide bonds. The molecule has 4 rings (SSSR count). The number of carbonyl (C=O) groups is 1. The van der Waals surface area contributed by atoms with Gasteiger partial charge < -0.3 is 9.26 Å². The van der Waals surface area contributed by atoms with Gasteiger partial charge in [0.05, 0.1) is 11.2 Å². The van der Waals surface area contributed by atoms with Crippen molar-refractivity contribution >= 4 is 16.8 Å². The van der Waals surface area contributed by atoms with Gasteiger partial charge in [-0.3, -0.25) is 9.69 Å². The highest BCUT2D eigenvalue weighted by Crippen LogP contribution is 2.41. The number of likely N-dealkylation sites (tertiary alicyclic amines) is 1. The van der Waals surface area contributed by atoms with Crippen molar-refractivity contribution in [2.45, 2.75) is 57.1 Å². The first-order valence-electron chi connectivity index (χ1n) is 11.3. The van der Waals surface area contributed by atoms with E-state index in [9.17, 15) is 9.18 Å². The summed E-state index contributed by atoms with van der Waals surface area (Å²) in [5.41, 5.74) is 1.99. The molecule has 1 aromatic heterocycles. The predicted octanol–water partition coefficient (Wildman–Crippen LogP) is 5.14. The van der Waals surface area contributed by atoms with Gasteiger partial charge in [-0.15, -0.1) is 0 Å². The van der Waals surface area contributed by atoms with Crippen molar-refractivity contribution in [1.82, 2.24) is 10.1 Å². The third-order valence-corrected chi connectivity index (χ3v) is 6.73. The van der Waals surface area contributed by atoms with Crippen molar-refractivity contribution in [2.24, 2.45) is 0 Å². The maximum Gasteiger partial charge on any atom is 0.196 e. The highest BCUT2D eigenvalue weighted by atomic mass is 19.1. The van der Waals surface area contributed by atoms with Crippen LogP contribution in [0.25, 0.3) is 11.0 Å². The molecule has 0 spiro atoms. The molecule has 0 bridgehead atoms. The number of hydrogen-bond donors (Lipinski definition) is 0. The fraction of sp³-hybridized carbons (Fsp3) is 0.462. The number of aromatic nitrogens is 1. The monoisotopic (exact) mass is 437 g/mol. The number of nitrogens with zero attached hydrogens (tertiary/aromatic N) is 2. The quantitative estimate of drug-likeness (QED) is 0.561. The highest BCUT2D eigenvalue weighted by molar-refractivity contribution is 5.94. The molecule has 1 fully saturated rings. The molecule has 1 aliphatic carbocycles. The summed E-state index contributed by atoms with van der Waals surface area (Å²) in [4.78, 5) is 15.0. The van der Waals surface area contributed by atoms with Gasteiger partial charge in [0.15, 0.2) is 11.4 Å². The molecule has 6 heteroatoms. The van der Waals surface area contributed by atoms with Crippen LogP contribution in [-0.2, 0) is 9.53 Å². The second-order valence-electron chi connectivity index (χ2n) is 8.56. The van der Waals surface area contributed by atoms with Crippen LogP contribution in [0.1, 0.15) is 51.1 Å². The average molecular weight is 438 g/mol. The van der Waals surface area contributed by atoms with Crippen LogP contribution < -0.4 is 0 Å². The summed E-state index contributed by atoms with van der Waals surface area (Å²) >= 11 is 0. The zero-order valence-electron chi connectivity index (χ0n) is 18.9. The molecule has 1 aromatic carbocycles. The SMILES string of the molecule is CC=CC(CCC)(C1=CC=[C]C(=O)C1OC)N1CCC(c2noc3cc(F)ccc23)CC1. The number of Topliss-reactive ketones (excluding diaryl/α,β-unsaturated/α-hetero) is 1. The summed E-state index contributed by atoms with van der Waals surface area (Å²) in [7, 11) is 1.58. The summed E-state index contributed by atoms with van der Waals surface area (Å²) < 4.78 is 24.6.